The zero-order valence-corrected chi connectivity index (χ0v) is 19.3. The van der Waals surface area contributed by atoms with Crippen LogP contribution in [0.2, 0.25) is 0 Å². The molecule has 0 aliphatic heterocycles. The maximum absolute atomic E-state index is 9.29. The van der Waals surface area contributed by atoms with Crippen molar-refractivity contribution in [3.05, 3.63) is 0 Å². The van der Waals surface area contributed by atoms with Crippen molar-refractivity contribution >= 4 is 59.0 Å². The molecule has 0 bridgehead atoms. The van der Waals surface area contributed by atoms with Crippen molar-refractivity contribution in [2.75, 3.05) is 0 Å². The standard InChI is InChI=1S/Al.H3N.2H2O7S2.12H2O/c;;2*1-8(2,3)7-9(4,5)6;;;;;;;;;;;;/h;1H3;2*(H,1,2,3)(H,4,5,6);12*1H2/q+3;;;;;;;;;;;;;;;/p-3. The zero-order chi connectivity index (χ0) is 15.4. The van der Waals surface area contributed by atoms with Crippen LogP contribution >= 0.6 is 0 Å². The van der Waals surface area contributed by atoms with Crippen molar-refractivity contribution in [1.82, 2.24) is 6.15 Å². The minimum absolute atomic E-state index is 0. The van der Waals surface area contributed by atoms with Crippen molar-refractivity contribution in [1.29, 1.82) is 0 Å². The summed E-state index contributed by atoms with van der Waals surface area (Å²) in [4.78, 5) is 0. The van der Waals surface area contributed by atoms with Gasteiger partial charge in [-0.2, -0.15) is 7.26 Å². The van der Waals surface area contributed by atoms with Crippen molar-refractivity contribution in [2.24, 2.45) is 0 Å². The fourth-order valence-electron chi connectivity index (χ4n) is 0.204. The summed E-state index contributed by atoms with van der Waals surface area (Å²) < 4.78 is 116. The molecular formula is H28AlNO26S4. The van der Waals surface area contributed by atoms with E-state index in [9.17, 15) is 51.9 Å². The Morgan fingerprint density at radius 1 is 0.344 bits per heavy atom. The number of hydrogen-bond donors (Lipinski definition) is 1. The Kier molecular flexibility index (Phi) is 155. The molecule has 216 valence electrons. The molecule has 32 heteroatoms. The fourth-order valence-corrected chi connectivity index (χ4v) is 1.84. The molecule has 0 saturated carbocycles. The molecule has 0 atom stereocenters. The van der Waals surface area contributed by atoms with E-state index in [1.54, 1.807) is 0 Å². The van der Waals surface area contributed by atoms with Crippen LogP contribution in [-0.4, -0.2) is 135 Å². The van der Waals surface area contributed by atoms with Gasteiger partial charge >= 0.3 is 17.4 Å². The third kappa shape index (κ3) is 180. The Bertz CT molecular complexity index is 542. The summed E-state index contributed by atoms with van der Waals surface area (Å²) in [5.74, 6) is 0. The maximum atomic E-state index is 9.29. The third-order valence-corrected chi connectivity index (χ3v) is 3.00. The molecule has 0 aliphatic carbocycles. The molecule has 0 amide bonds. The van der Waals surface area contributed by atoms with Crippen LogP contribution in [0.4, 0.5) is 0 Å². The van der Waals surface area contributed by atoms with E-state index < -0.39 is 41.6 Å². The average molecular weight is 613 g/mol. The van der Waals surface area contributed by atoms with Crippen LogP contribution in [0.5, 0.6) is 0 Å². The first-order valence-corrected chi connectivity index (χ1v) is 8.00. The molecule has 32 heavy (non-hydrogen) atoms. The number of hydrogen-bond acceptors (Lipinski definition) is 14. The fraction of sp³-hybridized carbons (Fsp3) is 0. The summed E-state index contributed by atoms with van der Waals surface area (Å²) in [6.07, 6.45) is 0. The molecule has 0 radical (unpaired) electrons. The van der Waals surface area contributed by atoms with Crippen LogP contribution in [0.15, 0.2) is 0 Å². The largest absolute Gasteiger partial charge is 3.00 e. The summed E-state index contributed by atoms with van der Waals surface area (Å²) in [5.41, 5.74) is 0. The molecule has 0 heterocycles. The molecular weight excluding hydrogens is 585 g/mol. The van der Waals surface area contributed by atoms with Gasteiger partial charge in [-0.25, -0.2) is 33.7 Å². The van der Waals surface area contributed by atoms with Crippen molar-refractivity contribution < 1.29 is 125 Å². The monoisotopic (exact) mass is 613 g/mol. The van der Waals surface area contributed by atoms with E-state index in [1.165, 1.54) is 0 Å². The van der Waals surface area contributed by atoms with Gasteiger partial charge in [0.05, 0.1) is 0 Å². The van der Waals surface area contributed by atoms with Crippen molar-refractivity contribution in [3.8, 4) is 0 Å². The van der Waals surface area contributed by atoms with Gasteiger partial charge in [-0.1, -0.05) is 0 Å². The quantitative estimate of drug-likeness (QED) is 0.175. The summed E-state index contributed by atoms with van der Waals surface area (Å²) in [7, 11) is -21.7. The molecule has 27 nitrogen and oxygen atoms in total. The van der Waals surface area contributed by atoms with Gasteiger partial charge in [-0.3, -0.25) is 0 Å². The number of rotatable bonds is 4. The van der Waals surface area contributed by atoms with Gasteiger partial charge in [0.25, 0.3) is 0 Å². The van der Waals surface area contributed by atoms with Crippen LogP contribution in [0.1, 0.15) is 0 Å². The molecule has 0 aliphatic rings. The van der Waals surface area contributed by atoms with Crippen LogP contribution < -0.4 is 6.15 Å². The van der Waals surface area contributed by atoms with E-state index in [0.29, 0.717) is 0 Å². The van der Waals surface area contributed by atoms with Crippen LogP contribution in [0, 0.1) is 0 Å². The van der Waals surface area contributed by atoms with Gasteiger partial charge < -0.3 is 90.1 Å². The van der Waals surface area contributed by atoms with Gasteiger partial charge in [0, 0.05) is 0 Å². The van der Waals surface area contributed by atoms with E-state index in [-0.39, 0.29) is 89.2 Å². The molecule has 0 aromatic heterocycles. The Labute approximate surface area is 190 Å². The smallest absolute Gasteiger partial charge is 0.725 e. The van der Waals surface area contributed by atoms with E-state index in [1.807, 2.05) is 0 Å². The Balaban J connectivity index is -0.00000000795. The van der Waals surface area contributed by atoms with Crippen LogP contribution in [0.25, 0.3) is 0 Å². The molecule has 28 N–H and O–H groups in total. The summed E-state index contributed by atoms with van der Waals surface area (Å²) >= 11 is 0. The van der Waals surface area contributed by atoms with Crippen molar-refractivity contribution in [3.63, 3.8) is 0 Å². The number of quaternary nitrogens is 1. The van der Waals surface area contributed by atoms with Crippen LogP contribution in [-0.2, 0) is 48.9 Å². The average Bonchev–Trinajstić information content (AvgIpc) is 1.64. The van der Waals surface area contributed by atoms with Gasteiger partial charge in [-0.15, -0.1) is 0 Å². The predicted octanol–water partition coefficient (Wildman–Crippen LogP) is -14.1. The molecule has 0 spiro atoms. The topological polar surface area (TPSA) is 662 Å². The minimum atomic E-state index is -5.43. The second kappa shape index (κ2) is 40.9. The first-order valence-electron chi connectivity index (χ1n) is 2.67. The first kappa shape index (κ1) is 122. The van der Waals surface area contributed by atoms with E-state index in [0.717, 1.165) is 0 Å². The second-order valence-electron chi connectivity index (χ2n) is 1.77. The first-order chi connectivity index (χ1) is 7.41. The molecule has 0 unspecified atom stereocenters. The summed E-state index contributed by atoms with van der Waals surface area (Å²) in [6.45, 7) is 0. The maximum Gasteiger partial charge on any atom is 3.00 e. The minimum Gasteiger partial charge on any atom is -0.725 e. The predicted molar refractivity (Wildman–Crippen MR) is 96.1 cm³/mol. The van der Waals surface area contributed by atoms with E-state index in [2.05, 4.69) is 7.26 Å². The van der Waals surface area contributed by atoms with Crippen LogP contribution in [0.3, 0.4) is 0 Å². The Hall–Kier alpha value is -0.428. The molecule has 0 saturated heterocycles. The summed E-state index contributed by atoms with van der Waals surface area (Å²) in [5, 5.41) is 0. The Morgan fingerprint density at radius 2 is 0.406 bits per heavy atom. The molecule has 0 aromatic carbocycles. The van der Waals surface area contributed by atoms with Crippen molar-refractivity contribution in [2.45, 2.75) is 0 Å². The van der Waals surface area contributed by atoms with E-state index in [4.69, 9.17) is 0 Å². The molecule has 0 rings (SSSR count). The van der Waals surface area contributed by atoms with Gasteiger partial charge in [0.1, 0.15) is 0 Å². The van der Waals surface area contributed by atoms with Gasteiger partial charge in [0.15, 0.2) is 0 Å². The normalized spacial score (nSPS) is 7.62. The molecule has 0 aromatic rings. The SMILES string of the molecule is O.O.O.O.O.O.O.O.O.O.O.O.O=S(=O)([O-])OS(=O)(=O)[O-].O=S(=O)([O-])OS(=O)(=O)[O-].[Al+3].[NH4+]. The molecule has 0 fully saturated rings. The second-order valence-corrected chi connectivity index (χ2v) is 6.12. The van der Waals surface area contributed by atoms with Gasteiger partial charge in [0.2, 0.25) is 41.6 Å². The van der Waals surface area contributed by atoms with E-state index >= 15 is 0 Å². The summed E-state index contributed by atoms with van der Waals surface area (Å²) in [6, 6.07) is 0. The zero-order valence-electron chi connectivity index (χ0n) is 14.9. The van der Waals surface area contributed by atoms with Gasteiger partial charge in [-0.05, 0) is 0 Å². The Morgan fingerprint density at radius 3 is 0.406 bits per heavy atom. The third-order valence-electron chi connectivity index (χ3n) is 0.333.